The highest BCUT2D eigenvalue weighted by atomic mass is 16.1. The molecule has 0 saturated heterocycles. The van der Waals surface area contributed by atoms with Gasteiger partial charge in [-0.05, 0) is 36.8 Å². The molecular formula is C22H17N5O. The molecule has 1 amide bonds. The summed E-state index contributed by atoms with van der Waals surface area (Å²) in [7, 11) is 0. The number of amides is 1. The monoisotopic (exact) mass is 367 g/mol. The minimum Gasteiger partial charge on any atom is -0.322 e. The van der Waals surface area contributed by atoms with Crippen LogP contribution in [-0.4, -0.2) is 25.5 Å². The molecule has 0 saturated carbocycles. The predicted molar refractivity (Wildman–Crippen MR) is 109 cm³/mol. The van der Waals surface area contributed by atoms with Gasteiger partial charge >= 0.3 is 0 Å². The van der Waals surface area contributed by atoms with Crippen LogP contribution in [0.3, 0.4) is 0 Å². The summed E-state index contributed by atoms with van der Waals surface area (Å²) >= 11 is 0. The Kier molecular flexibility index (Phi) is 3.69. The number of pyridine rings is 1. The fourth-order valence-electron chi connectivity index (χ4n) is 3.43. The first-order valence-electron chi connectivity index (χ1n) is 8.96. The Bertz CT molecular complexity index is 1320. The summed E-state index contributed by atoms with van der Waals surface area (Å²) in [5.74, 6) is -0.148. The number of benzene rings is 2. The maximum atomic E-state index is 12.9. The van der Waals surface area contributed by atoms with Crippen molar-refractivity contribution in [1.82, 2.24) is 19.6 Å². The zero-order valence-corrected chi connectivity index (χ0v) is 15.2. The van der Waals surface area contributed by atoms with Gasteiger partial charge in [-0.2, -0.15) is 5.10 Å². The number of aryl methyl sites for hydroxylation is 1. The Morgan fingerprint density at radius 3 is 2.82 bits per heavy atom. The van der Waals surface area contributed by atoms with E-state index in [1.807, 2.05) is 72.1 Å². The summed E-state index contributed by atoms with van der Waals surface area (Å²) in [6.07, 6.45) is 5.37. The van der Waals surface area contributed by atoms with E-state index in [1.54, 1.807) is 12.5 Å². The third-order valence-corrected chi connectivity index (χ3v) is 4.86. The van der Waals surface area contributed by atoms with Crippen LogP contribution in [0.25, 0.3) is 27.7 Å². The van der Waals surface area contributed by atoms with Gasteiger partial charge in [0.2, 0.25) is 0 Å². The standard InChI is InChI=1S/C22H17N5O/c1-14-12-27-13-23-11-17(27)10-18(14)22(28)24-16-7-8-20-19(9-16)21(26-25-20)15-5-3-2-4-6-15/h2-13H,1H3,(H,24,28)(H,25,26). The van der Waals surface area contributed by atoms with Gasteiger partial charge in [0, 0.05) is 28.4 Å². The number of H-pyrrole nitrogens is 1. The summed E-state index contributed by atoms with van der Waals surface area (Å²) in [5, 5.41) is 11.5. The van der Waals surface area contributed by atoms with Crippen molar-refractivity contribution >= 4 is 28.0 Å². The molecule has 0 bridgehead atoms. The normalized spacial score (nSPS) is 11.2. The largest absolute Gasteiger partial charge is 0.322 e. The molecule has 5 rings (SSSR count). The molecule has 0 aliphatic carbocycles. The number of aromatic nitrogens is 4. The lowest BCUT2D eigenvalue weighted by Crippen LogP contribution is -2.13. The Labute approximate surface area is 160 Å². The number of nitrogens with one attached hydrogen (secondary N) is 2. The van der Waals surface area contributed by atoms with Crippen LogP contribution in [0.15, 0.2) is 73.3 Å². The van der Waals surface area contributed by atoms with E-state index in [9.17, 15) is 4.79 Å². The van der Waals surface area contributed by atoms with Gasteiger partial charge in [-0.3, -0.25) is 9.89 Å². The van der Waals surface area contributed by atoms with E-state index < -0.39 is 0 Å². The number of carbonyl (C=O) groups is 1. The molecule has 136 valence electrons. The van der Waals surface area contributed by atoms with Crippen molar-refractivity contribution in [2.75, 3.05) is 5.32 Å². The van der Waals surface area contributed by atoms with E-state index in [0.717, 1.165) is 38.9 Å². The molecule has 2 N–H and O–H groups in total. The molecule has 0 aliphatic heterocycles. The lowest BCUT2D eigenvalue weighted by molar-refractivity contribution is 0.102. The fourth-order valence-corrected chi connectivity index (χ4v) is 3.43. The van der Waals surface area contributed by atoms with E-state index in [-0.39, 0.29) is 5.91 Å². The SMILES string of the molecule is Cc1cn2cncc2cc1C(=O)Nc1ccc2[nH]nc(-c3ccccc3)c2c1. The van der Waals surface area contributed by atoms with Crippen LogP contribution in [0.1, 0.15) is 15.9 Å². The Hall–Kier alpha value is -3.93. The summed E-state index contributed by atoms with van der Waals surface area (Å²) in [6.45, 7) is 1.92. The van der Waals surface area contributed by atoms with Gasteiger partial charge in [0.05, 0.1) is 29.3 Å². The van der Waals surface area contributed by atoms with Gasteiger partial charge in [-0.15, -0.1) is 0 Å². The molecule has 0 atom stereocenters. The molecule has 0 aliphatic rings. The van der Waals surface area contributed by atoms with Crippen LogP contribution < -0.4 is 5.32 Å². The highest BCUT2D eigenvalue weighted by molar-refractivity contribution is 6.07. The van der Waals surface area contributed by atoms with Crippen molar-refractivity contribution in [1.29, 1.82) is 0 Å². The third kappa shape index (κ3) is 2.72. The zero-order valence-electron chi connectivity index (χ0n) is 15.2. The van der Waals surface area contributed by atoms with Crippen molar-refractivity contribution in [3.8, 4) is 11.3 Å². The Morgan fingerprint density at radius 2 is 1.96 bits per heavy atom. The molecule has 3 aromatic heterocycles. The van der Waals surface area contributed by atoms with Crippen LogP contribution in [0.2, 0.25) is 0 Å². The number of imidazole rings is 1. The van der Waals surface area contributed by atoms with Crippen molar-refractivity contribution in [3.63, 3.8) is 0 Å². The molecule has 5 aromatic rings. The summed E-state index contributed by atoms with van der Waals surface area (Å²) < 4.78 is 1.90. The first-order chi connectivity index (χ1) is 13.7. The molecule has 6 heteroatoms. The van der Waals surface area contributed by atoms with Crippen LogP contribution in [0, 0.1) is 6.92 Å². The maximum Gasteiger partial charge on any atom is 0.256 e. The number of nitrogens with zero attached hydrogens (tertiary/aromatic N) is 3. The van der Waals surface area contributed by atoms with Gasteiger partial charge in [0.1, 0.15) is 0 Å². The number of aromatic amines is 1. The Morgan fingerprint density at radius 1 is 1.11 bits per heavy atom. The van der Waals surface area contributed by atoms with E-state index in [4.69, 9.17) is 0 Å². The molecule has 0 radical (unpaired) electrons. The van der Waals surface area contributed by atoms with Crippen molar-refractivity contribution < 1.29 is 4.79 Å². The second-order valence-electron chi connectivity index (χ2n) is 6.75. The van der Waals surface area contributed by atoms with Crippen LogP contribution >= 0.6 is 0 Å². The van der Waals surface area contributed by atoms with E-state index in [2.05, 4.69) is 20.5 Å². The topological polar surface area (TPSA) is 75.1 Å². The van der Waals surface area contributed by atoms with E-state index in [0.29, 0.717) is 5.56 Å². The molecule has 3 heterocycles. The first-order valence-corrected chi connectivity index (χ1v) is 8.96. The zero-order chi connectivity index (χ0) is 19.1. The minimum atomic E-state index is -0.148. The summed E-state index contributed by atoms with van der Waals surface area (Å²) in [6, 6.07) is 17.6. The second kappa shape index (κ2) is 6.35. The molecule has 0 unspecified atom stereocenters. The predicted octanol–water partition coefficient (Wildman–Crippen LogP) is 4.44. The third-order valence-electron chi connectivity index (χ3n) is 4.86. The van der Waals surface area contributed by atoms with E-state index >= 15 is 0 Å². The minimum absolute atomic E-state index is 0.148. The number of hydrogen-bond acceptors (Lipinski definition) is 3. The van der Waals surface area contributed by atoms with Crippen molar-refractivity contribution in [2.24, 2.45) is 0 Å². The number of fused-ring (bicyclic) bond motifs is 2. The average Bonchev–Trinajstić information content (AvgIpc) is 3.34. The second-order valence-corrected chi connectivity index (χ2v) is 6.75. The average molecular weight is 367 g/mol. The number of hydrogen-bond donors (Lipinski definition) is 2. The molecule has 0 fully saturated rings. The highest BCUT2D eigenvalue weighted by Gasteiger charge is 2.13. The fraction of sp³-hybridized carbons (Fsp3) is 0.0455. The highest BCUT2D eigenvalue weighted by Crippen LogP contribution is 2.28. The van der Waals surface area contributed by atoms with Gasteiger partial charge in [-0.25, -0.2) is 4.98 Å². The Balaban J connectivity index is 1.50. The molecule has 6 nitrogen and oxygen atoms in total. The lowest BCUT2D eigenvalue weighted by atomic mass is 10.1. The van der Waals surface area contributed by atoms with Crippen molar-refractivity contribution in [2.45, 2.75) is 6.92 Å². The molecule has 0 spiro atoms. The van der Waals surface area contributed by atoms with Gasteiger partial charge < -0.3 is 9.72 Å². The molecular weight excluding hydrogens is 350 g/mol. The number of rotatable bonds is 3. The summed E-state index contributed by atoms with van der Waals surface area (Å²) in [4.78, 5) is 17.0. The van der Waals surface area contributed by atoms with Crippen molar-refractivity contribution in [3.05, 3.63) is 84.4 Å². The maximum absolute atomic E-state index is 12.9. The van der Waals surface area contributed by atoms with Gasteiger partial charge in [0.15, 0.2) is 0 Å². The number of carbonyl (C=O) groups excluding carboxylic acids is 1. The quantitative estimate of drug-likeness (QED) is 0.495. The van der Waals surface area contributed by atoms with Gasteiger partial charge in [-0.1, -0.05) is 30.3 Å². The summed E-state index contributed by atoms with van der Waals surface area (Å²) in [5.41, 5.74) is 5.94. The molecule has 2 aromatic carbocycles. The smallest absolute Gasteiger partial charge is 0.256 e. The lowest BCUT2D eigenvalue weighted by Gasteiger charge is -2.09. The van der Waals surface area contributed by atoms with Crippen LogP contribution in [0.5, 0.6) is 0 Å². The first kappa shape index (κ1) is 16.3. The van der Waals surface area contributed by atoms with E-state index in [1.165, 1.54) is 0 Å². The molecule has 28 heavy (non-hydrogen) atoms. The van der Waals surface area contributed by atoms with Crippen LogP contribution in [0.4, 0.5) is 5.69 Å². The van der Waals surface area contributed by atoms with Crippen LogP contribution in [-0.2, 0) is 0 Å². The van der Waals surface area contributed by atoms with Gasteiger partial charge in [0.25, 0.3) is 5.91 Å². The number of anilines is 1.